The third-order valence-electron chi connectivity index (χ3n) is 4.01. The first-order valence-electron chi connectivity index (χ1n) is 7.03. The molecule has 1 aliphatic carbocycles. The average Bonchev–Trinajstić information content (AvgIpc) is 2.89. The molecule has 1 amide bonds. The molecule has 2 aliphatic rings. The summed E-state index contributed by atoms with van der Waals surface area (Å²) >= 11 is 1.96. The summed E-state index contributed by atoms with van der Waals surface area (Å²) in [6, 6.07) is 8.75. The van der Waals surface area contributed by atoms with Crippen LogP contribution in [0.25, 0.3) is 0 Å². The van der Waals surface area contributed by atoms with Gasteiger partial charge in [0.05, 0.1) is 5.69 Å². The number of para-hydroxylation sites is 1. The number of carbonyl (C=O) groups excluding carboxylic acids is 1. The van der Waals surface area contributed by atoms with Gasteiger partial charge in [-0.1, -0.05) is 18.6 Å². The highest BCUT2D eigenvalue weighted by atomic mass is 32.2. The molecule has 1 aromatic carbocycles. The van der Waals surface area contributed by atoms with E-state index in [9.17, 15) is 4.79 Å². The molecule has 1 heterocycles. The first-order chi connectivity index (χ1) is 9.31. The minimum atomic E-state index is 0.263. The molecule has 0 spiro atoms. The van der Waals surface area contributed by atoms with E-state index in [1.807, 2.05) is 24.9 Å². The monoisotopic (exact) mass is 276 g/mol. The molecule has 1 saturated carbocycles. The maximum Gasteiger partial charge on any atom is 0.228 e. The molecule has 1 N–H and O–H groups in total. The Morgan fingerprint density at radius 3 is 3.11 bits per heavy atom. The van der Waals surface area contributed by atoms with E-state index in [-0.39, 0.29) is 5.91 Å². The molecular formula is C15H20N2OS. The number of amides is 1. The van der Waals surface area contributed by atoms with E-state index in [0.717, 1.165) is 18.7 Å². The number of fused-ring (bicyclic) bond motifs is 2. The number of nitrogens with zero attached hydrogens (tertiary/aromatic N) is 1. The van der Waals surface area contributed by atoms with Gasteiger partial charge in [0, 0.05) is 29.2 Å². The summed E-state index contributed by atoms with van der Waals surface area (Å²) in [4.78, 5) is 15.9. The smallest absolute Gasteiger partial charge is 0.228 e. The van der Waals surface area contributed by atoms with E-state index in [1.54, 1.807) is 0 Å². The Balaban J connectivity index is 1.92. The Hall–Kier alpha value is -1.00. The molecule has 2 atom stereocenters. The van der Waals surface area contributed by atoms with Gasteiger partial charge in [0.1, 0.15) is 0 Å². The minimum absolute atomic E-state index is 0.263. The molecule has 3 rings (SSSR count). The van der Waals surface area contributed by atoms with Crippen LogP contribution < -0.4 is 10.2 Å². The summed E-state index contributed by atoms with van der Waals surface area (Å²) in [5.74, 6) is 0.263. The second kappa shape index (κ2) is 5.55. The Labute approximate surface area is 118 Å². The molecule has 102 valence electrons. The topological polar surface area (TPSA) is 32.3 Å². The lowest BCUT2D eigenvalue weighted by atomic mass is 10.1. The van der Waals surface area contributed by atoms with Crippen LogP contribution in [0, 0.1) is 0 Å². The number of carbonyl (C=O) groups is 1. The largest absolute Gasteiger partial charge is 0.319 e. The Morgan fingerprint density at radius 1 is 1.42 bits per heavy atom. The van der Waals surface area contributed by atoms with Crippen molar-refractivity contribution in [3.8, 4) is 0 Å². The molecule has 0 bridgehead atoms. The summed E-state index contributed by atoms with van der Waals surface area (Å²) < 4.78 is 0. The van der Waals surface area contributed by atoms with Crippen molar-refractivity contribution in [1.29, 1.82) is 0 Å². The lowest BCUT2D eigenvalue weighted by Crippen LogP contribution is -2.46. The van der Waals surface area contributed by atoms with Crippen LogP contribution in [0.4, 0.5) is 5.69 Å². The van der Waals surface area contributed by atoms with Crippen LogP contribution in [-0.2, 0) is 4.79 Å². The summed E-state index contributed by atoms with van der Waals surface area (Å²) in [7, 11) is 1.89. The van der Waals surface area contributed by atoms with E-state index < -0.39 is 0 Å². The van der Waals surface area contributed by atoms with Crippen molar-refractivity contribution < 1.29 is 4.79 Å². The highest BCUT2D eigenvalue weighted by molar-refractivity contribution is 8.00. The zero-order chi connectivity index (χ0) is 13.2. The fourth-order valence-electron chi connectivity index (χ4n) is 3.11. The number of hydrogen-bond acceptors (Lipinski definition) is 3. The lowest BCUT2D eigenvalue weighted by molar-refractivity contribution is -0.119. The first-order valence-corrected chi connectivity index (χ1v) is 7.91. The molecule has 1 fully saturated rings. The third-order valence-corrected chi connectivity index (χ3v) is 5.46. The van der Waals surface area contributed by atoms with Crippen molar-refractivity contribution in [1.82, 2.24) is 5.32 Å². The number of thioether (sulfide) groups is 1. The Kier molecular flexibility index (Phi) is 3.80. The predicted octanol–water partition coefficient (Wildman–Crippen LogP) is 2.66. The van der Waals surface area contributed by atoms with Crippen molar-refractivity contribution in [3.63, 3.8) is 0 Å². The third kappa shape index (κ3) is 2.39. The molecule has 1 aromatic rings. The molecule has 0 radical (unpaired) electrons. The normalized spacial score (nSPS) is 25.0. The number of nitrogens with one attached hydrogen (secondary N) is 1. The molecule has 2 unspecified atom stereocenters. The second-order valence-corrected chi connectivity index (χ2v) is 6.52. The molecule has 19 heavy (non-hydrogen) atoms. The van der Waals surface area contributed by atoms with Gasteiger partial charge in [-0.15, -0.1) is 11.8 Å². The fraction of sp³-hybridized carbons (Fsp3) is 0.533. The van der Waals surface area contributed by atoms with E-state index in [0.29, 0.717) is 17.7 Å². The highest BCUT2D eigenvalue weighted by Crippen LogP contribution is 2.47. The fourth-order valence-corrected chi connectivity index (χ4v) is 4.58. The van der Waals surface area contributed by atoms with E-state index in [1.165, 1.54) is 17.7 Å². The van der Waals surface area contributed by atoms with Crippen LogP contribution in [0.1, 0.15) is 25.7 Å². The average molecular weight is 276 g/mol. The van der Waals surface area contributed by atoms with Gasteiger partial charge in [0.25, 0.3) is 0 Å². The molecular weight excluding hydrogens is 256 g/mol. The zero-order valence-electron chi connectivity index (χ0n) is 11.3. The molecule has 0 saturated heterocycles. The number of hydrogen-bond donors (Lipinski definition) is 1. The molecule has 4 heteroatoms. The Morgan fingerprint density at radius 2 is 2.26 bits per heavy atom. The Bertz CT molecular complexity index is 477. The van der Waals surface area contributed by atoms with Crippen molar-refractivity contribution in [2.24, 2.45) is 0 Å². The van der Waals surface area contributed by atoms with E-state index >= 15 is 0 Å². The van der Waals surface area contributed by atoms with Gasteiger partial charge in [-0.05, 0) is 32.0 Å². The molecule has 1 aliphatic heterocycles. The highest BCUT2D eigenvalue weighted by Gasteiger charge is 2.40. The van der Waals surface area contributed by atoms with Crippen LogP contribution in [0.15, 0.2) is 29.2 Å². The van der Waals surface area contributed by atoms with Gasteiger partial charge in [0.2, 0.25) is 5.91 Å². The summed E-state index contributed by atoms with van der Waals surface area (Å²) in [5, 5.41) is 3.66. The van der Waals surface area contributed by atoms with Gasteiger partial charge >= 0.3 is 0 Å². The number of rotatable bonds is 3. The van der Waals surface area contributed by atoms with E-state index in [2.05, 4.69) is 28.4 Å². The van der Waals surface area contributed by atoms with Gasteiger partial charge in [0.15, 0.2) is 0 Å². The van der Waals surface area contributed by atoms with Crippen LogP contribution in [0.5, 0.6) is 0 Å². The standard InChI is InChI=1S/C15H20N2OS/c1-16-10-9-15(18)17-11-5-2-3-7-13(11)19-14-8-4-6-12(14)17/h2-3,5,7,12,14,16H,4,6,8-10H2,1H3. The summed E-state index contributed by atoms with van der Waals surface area (Å²) in [5.41, 5.74) is 1.12. The van der Waals surface area contributed by atoms with E-state index in [4.69, 9.17) is 0 Å². The van der Waals surface area contributed by atoms with Gasteiger partial charge in [-0.2, -0.15) is 0 Å². The lowest BCUT2D eigenvalue weighted by Gasteiger charge is -2.38. The molecule has 3 nitrogen and oxygen atoms in total. The van der Waals surface area contributed by atoms with Crippen molar-refractivity contribution in [2.45, 2.75) is 41.9 Å². The van der Waals surface area contributed by atoms with Crippen molar-refractivity contribution in [2.75, 3.05) is 18.5 Å². The molecule has 0 aromatic heterocycles. The maximum absolute atomic E-state index is 12.5. The SMILES string of the molecule is CNCCC(=O)N1c2ccccc2SC2CCCC21. The van der Waals surface area contributed by atoms with Crippen LogP contribution in [-0.4, -0.2) is 30.8 Å². The maximum atomic E-state index is 12.5. The van der Waals surface area contributed by atoms with Gasteiger partial charge in [-0.25, -0.2) is 0 Å². The quantitative estimate of drug-likeness (QED) is 0.921. The summed E-state index contributed by atoms with van der Waals surface area (Å²) in [6.07, 6.45) is 4.21. The zero-order valence-corrected chi connectivity index (χ0v) is 12.1. The van der Waals surface area contributed by atoms with Crippen LogP contribution in [0.3, 0.4) is 0 Å². The van der Waals surface area contributed by atoms with Crippen LogP contribution in [0.2, 0.25) is 0 Å². The van der Waals surface area contributed by atoms with Gasteiger partial charge < -0.3 is 10.2 Å². The number of benzene rings is 1. The number of anilines is 1. The first kappa shape index (κ1) is 13.0. The van der Waals surface area contributed by atoms with Crippen molar-refractivity contribution >= 4 is 23.4 Å². The van der Waals surface area contributed by atoms with Gasteiger partial charge in [-0.3, -0.25) is 4.79 Å². The van der Waals surface area contributed by atoms with Crippen molar-refractivity contribution in [3.05, 3.63) is 24.3 Å². The summed E-state index contributed by atoms with van der Waals surface area (Å²) in [6.45, 7) is 0.752. The van der Waals surface area contributed by atoms with Crippen LogP contribution >= 0.6 is 11.8 Å². The second-order valence-electron chi connectivity index (χ2n) is 5.24. The minimum Gasteiger partial charge on any atom is -0.319 e. The predicted molar refractivity (Wildman–Crippen MR) is 79.8 cm³/mol.